The summed E-state index contributed by atoms with van der Waals surface area (Å²) < 4.78 is 0. The minimum atomic E-state index is -0.447. The second-order valence-corrected chi connectivity index (χ2v) is 17.8. The minimum absolute atomic E-state index is 0.447. The van der Waals surface area contributed by atoms with Crippen LogP contribution in [-0.2, 0) is 5.41 Å². The fourth-order valence-electron chi connectivity index (χ4n) is 11.1. The molecule has 10 aromatic carbocycles. The van der Waals surface area contributed by atoms with Crippen LogP contribution in [0.15, 0.2) is 261 Å². The van der Waals surface area contributed by atoms with E-state index < -0.39 is 5.41 Å². The van der Waals surface area contributed by atoms with Crippen LogP contribution < -0.4 is 0 Å². The van der Waals surface area contributed by atoms with Crippen LogP contribution in [0.4, 0.5) is 0 Å². The van der Waals surface area contributed by atoms with Gasteiger partial charge >= 0.3 is 0 Å². The summed E-state index contributed by atoms with van der Waals surface area (Å²) in [5, 5.41) is 0. The van der Waals surface area contributed by atoms with Crippen LogP contribution in [0.2, 0.25) is 0 Å². The van der Waals surface area contributed by atoms with E-state index in [4.69, 9.17) is 4.98 Å². The average molecular weight is 850 g/mol. The largest absolute Gasteiger partial charge is 0.248 e. The monoisotopic (exact) mass is 849 g/mol. The average Bonchev–Trinajstić information content (AvgIpc) is 3.89. The zero-order valence-electron chi connectivity index (χ0n) is 36.8. The molecule has 1 heteroatoms. The first-order valence-corrected chi connectivity index (χ1v) is 23.2. The van der Waals surface area contributed by atoms with Crippen LogP contribution in [-0.4, -0.2) is 4.98 Å². The lowest BCUT2D eigenvalue weighted by Crippen LogP contribution is -2.25. The molecule has 67 heavy (non-hydrogen) atoms. The van der Waals surface area contributed by atoms with E-state index >= 15 is 0 Å². The molecule has 1 nitrogen and oxygen atoms in total. The van der Waals surface area contributed by atoms with Crippen molar-refractivity contribution in [3.63, 3.8) is 0 Å². The topological polar surface area (TPSA) is 12.9 Å². The van der Waals surface area contributed by atoms with Gasteiger partial charge in [-0.25, -0.2) is 4.98 Å². The van der Waals surface area contributed by atoms with Crippen molar-refractivity contribution < 1.29 is 0 Å². The number of hydrogen-bond donors (Lipinski definition) is 0. The van der Waals surface area contributed by atoms with Gasteiger partial charge in [-0.2, -0.15) is 0 Å². The highest BCUT2D eigenvalue weighted by Gasteiger charge is 2.52. The Morgan fingerprint density at radius 2 is 0.522 bits per heavy atom. The van der Waals surface area contributed by atoms with E-state index in [2.05, 4.69) is 261 Å². The molecule has 11 aromatic rings. The molecule has 0 saturated carbocycles. The molecule has 2 aliphatic carbocycles. The molecule has 0 N–H and O–H groups in total. The second-order valence-electron chi connectivity index (χ2n) is 17.8. The SMILES string of the molecule is c1ccc(-c2cc(-c3ccccc3)cc(-c3cc(-c4cccc5c4-c4ccccc4C54c5ccccc5-c5ccccc54)cc(-c4cc(-c5ccccc5)cc(-c5ccccc5)c4)n3)c2)cc1. The number of hydrogen-bond acceptors (Lipinski definition) is 1. The highest BCUT2D eigenvalue weighted by molar-refractivity contribution is 6.00. The Bertz CT molecular complexity index is 3360. The van der Waals surface area contributed by atoms with Gasteiger partial charge in [-0.3, -0.25) is 0 Å². The smallest absolute Gasteiger partial charge is 0.0725 e. The van der Waals surface area contributed by atoms with Gasteiger partial charge < -0.3 is 0 Å². The molecular weight excluding hydrogens is 807 g/mol. The molecule has 0 amide bonds. The van der Waals surface area contributed by atoms with Crippen LogP contribution in [0.25, 0.3) is 100 Å². The molecule has 2 aliphatic rings. The molecule has 0 radical (unpaired) electrons. The maximum atomic E-state index is 5.71. The van der Waals surface area contributed by atoms with Gasteiger partial charge in [0.05, 0.1) is 16.8 Å². The van der Waals surface area contributed by atoms with E-state index in [1.807, 2.05) is 0 Å². The van der Waals surface area contributed by atoms with E-state index in [1.165, 1.54) is 72.3 Å². The predicted molar refractivity (Wildman–Crippen MR) is 279 cm³/mol. The molecule has 0 fully saturated rings. The summed E-state index contributed by atoms with van der Waals surface area (Å²) in [6, 6.07) is 95.6. The van der Waals surface area contributed by atoms with Gasteiger partial charge in [-0.1, -0.05) is 212 Å². The van der Waals surface area contributed by atoms with Crippen molar-refractivity contribution in [2.45, 2.75) is 5.41 Å². The first kappa shape index (κ1) is 38.8. The molecule has 0 unspecified atom stereocenters. The molecule has 312 valence electrons. The quantitative estimate of drug-likeness (QED) is 0.156. The van der Waals surface area contributed by atoms with E-state index in [0.717, 1.165) is 50.3 Å². The highest BCUT2D eigenvalue weighted by Crippen LogP contribution is 2.64. The summed E-state index contributed by atoms with van der Waals surface area (Å²) in [4.78, 5) is 5.71. The zero-order chi connectivity index (χ0) is 44.3. The Kier molecular flexibility index (Phi) is 9.15. The van der Waals surface area contributed by atoms with Crippen LogP contribution in [0.5, 0.6) is 0 Å². The molecule has 1 aromatic heterocycles. The van der Waals surface area contributed by atoms with Gasteiger partial charge in [0, 0.05) is 11.1 Å². The number of nitrogens with zero attached hydrogens (tertiary/aromatic N) is 1. The standard InChI is InChI=1S/C66H43N/c1-5-20-44(21-6-1)48-36-49(45-22-7-2-8-23-45)39-53(38-48)63-42-52(43-64(67-63)54-40-50(46-24-9-3-10-25-46)37-51(41-54)47-26-11-4-12-27-47)55-31-19-35-62-65(55)58-30-15-18-34-61(58)66(62)59-32-16-13-28-56(59)57-29-14-17-33-60(57)66/h1-43H. The second kappa shape index (κ2) is 15.8. The molecule has 13 rings (SSSR count). The first-order chi connectivity index (χ1) is 33.2. The highest BCUT2D eigenvalue weighted by atomic mass is 14.7. The van der Waals surface area contributed by atoms with Crippen molar-refractivity contribution in [1.29, 1.82) is 0 Å². The molecule has 0 aliphatic heterocycles. The zero-order valence-corrected chi connectivity index (χ0v) is 36.8. The number of fused-ring (bicyclic) bond motifs is 10. The third-order valence-corrected chi connectivity index (χ3v) is 14.0. The van der Waals surface area contributed by atoms with E-state index in [-0.39, 0.29) is 0 Å². The summed E-state index contributed by atoms with van der Waals surface area (Å²) in [6.07, 6.45) is 0. The number of aromatic nitrogens is 1. The van der Waals surface area contributed by atoms with E-state index in [1.54, 1.807) is 0 Å². The lowest BCUT2D eigenvalue weighted by molar-refractivity contribution is 0.794. The number of pyridine rings is 1. The van der Waals surface area contributed by atoms with Crippen molar-refractivity contribution >= 4 is 0 Å². The Morgan fingerprint density at radius 3 is 0.940 bits per heavy atom. The van der Waals surface area contributed by atoms with Gasteiger partial charge in [0.2, 0.25) is 0 Å². The van der Waals surface area contributed by atoms with E-state index in [9.17, 15) is 0 Å². The van der Waals surface area contributed by atoms with Crippen LogP contribution in [0, 0.1) is 0 Å². The summed E-state index contributed by atoms with van der Waals surface area (Å²) in [5.74, 6) is 0. The molecular formula is C66H43N. The van der Waals surface area contributed by atoms with Gasteiger partial charge in [-0.05, 0) is 149 Å². The summed E-state index contributed by atoms with van der Waals surface area (Å²) in [5.41, 5.74) is 25.6. The van der Waals surface area contributed by atoms with Gasteiger partial charge in [0.15, 0.2) is 0 Å². The third kappa shape index (κ3) is 6.35. The van der Waals surface area contributed by atoms with Crippen LogP contribution >= 0.6 is 0 Å². The Balaban J connectivity index is 1.10. The Morgan fingerprint density at radius 1 is 0.209 bits per heavy atom. The van der Waals surface area contributed by atoms with Crippen LogP contribution in [0.1, 0.15) is 22.3 Å². The number of benzene rings is 10. The van der Waals surface area contributed by atoms with Gasteiger partial charge in [0.25, 0.3) is 0 Å². The Hall–Kier alpha value is -8.65. The lowest BCUT2D eigenvalue weighted by Gasteiger charge is -2.30. The normalized spacial score (nSPS) is 12.6. The first-order valence-electron chi connectivity index (χ1n) is 23.2. The summed E-state index contributed by atoms with van der Waals surface area (Å²) in [7, 11) is 0. The summed E-state index contributed by atoms with van der Waals surface area (Å²) in [6.45, 7) is 0. The van der Waals surface area contributed by atoms with Crippen molar-refractivity contribution in [3.8, 4) is 100 Å². The molecule has 0 atom stereocenters. The van der Waals surface area contributed by atoms with Gasteiger partial charge in [-0.15, -0.1) is 0 Å². The maximum absolute atomic E-state index is 5.71. The van der Waals surface area contributed by atoms with Crippen molar-refractivity contribution in [2.75, 3.05) is 0 Å². The minimum Gasteiger partial charge on any atom is -0.248 e. The van der Waals surface area contributed by atoms with Crippen molar-refractivity contribution in [3.05, 3.63) is 283 Å². The molecule has 0 bridgehead atoms. The van der Waals surface area contributed by atoms with Crippen molar-refractivity contribution in [1.82, 2.24) is 4.98 Å². The van der Waals surface area contributed by atoms with Crippen molar-refractivity contribution in [2.24, 2.45) is 0 Å². The third-order valence-electron chi connectivity index (χ3n) is 14.0. The molecule has 1 heterocycles. The van der Waals surface area contributed by atoms with Gasteiger partial charge in [0.1, 0.15) is 0 Å². The van der Waals surface area contributed by atoms with Crippen LogP contribution in [0.3, 0.4) is 0 Å². The predicted octanol–water partition coefficient (Wildman–Crippen LogP) is 17.1. The summed E-state index contributed by atoms with van der Waals surface area (Å²) >= 11 is 0. The fraction of sp³-hybridized carbons (Fsp3) is 0.0152. The molecule has 0 saturated heterocycles. The fourth-order valence-corrected chi connectivity index (χ4v) is 11.1. The Labute approximate surface area is 392 Å². The van der Waals surface area contributed by atoms with E-state index in [0.29, 0.717) is 0 Å². The lowest BCUT2D eigenvalue weighted by atomic mass is 9.70. The maximum Gasteiger partial charge on any atom is 0.0725 e. The molecule has 1 spiro atoms. The number of rotatable bonds is 7.